The SMILES string of the molecule is CC(C)(CO)C(=O)NNC(=O)c1ccsc1. The van der Waals surface area contributed by atoms with E-state index in [9.17, 15) is 9.59 Å². The number of carbonyl (C=O) groups is 2. The van der Waals surface area contributed by atoms with Crippen LogP contribution in [-0.2, 0) is 4.79 Å². The minimum atomic E-state index is -0.915. The van der Waals surface area contributed by atoms with Gasteiger partial charge in [-0.3, -0.25) is 20.4 Å². The molecule has 1 aromatic heterocycles. The number of hydrazine groups is 1. The number of hydrogen-bond acceptors (Lipinski definition) is 4. The lowest BCUT2D eigenvalue weighted by atomic mass is 9.94. The van der Waals surface area contributed by atoms with Gasteiger partial charge in [0.15, 0.2) is 0 Å². The Morgan fingerprint density at radius 3 is 2.62 bits per heavy atom. The quantitative estimate of drug-likeness (QED) is 0.676. The van der Waals surface area contributed by atoms with Crippen molar-refractivity contribution >= 4 is 23.2 Å². The van der Waals surface area contributed by atoms with Crippen LogP contribution in [0.3, 0.4) is 0 Å². The zero-order chi connectivity index (χ0) is 12.2. The number of amides is 2. The fourth-order valence-corrected chi connectivity index (χ4v) is 1.46. The Morgan fingerprint density at radius 1 is 1.44 bits per heavy atom. The summed E-state index contributed by atoms with van der Waals surface area (Å²) in [7, 11) is 0. The van der Waals surface area contributed by atoms with Crippen molar-refractivity contribution in [1.82, 2.24) is 10.9 Å². The van der Waals surface area contributed by atoms with Gasteiger partial charge in [-0.1, -0.05) is 0 Å². The number of carbonyl (C=O) groups excluding carboxylic acids is 2. The van der Waals surface area contributed by atoms with Crippen LogP contribution in [0.5, 0.6) is 0 Å². The molecule has 5 nitrogen and oxygen atoms in total. The minimum Gasteiger partial charge on any atom is -0.395 e. The van der Waals surface area contributed by atoms with Crippen molar-refractivity contribution in [3.05, 3.63) is 22.4 Å². The Labute approximate surface area is 97.4 Å². The first-order chi connectivity index (χ1) is 7.47. The normalized spacial score (nSPS) is 10.9. The standard InChI is InChI=1S/C10H14N2O3S/c1-10(2,6-13)9(15)12-11-8(14)7-3-4-16-5-7/h3-5,13H,6H2,1-2H3,(H,11,14)(H,12,15). The van der Waals surface area contributed by atoms with Crippen LogP contribution in [0.2, 0.25) is 0 Å². The lowest BCUT2D eigenvalue weighted by Gasteiger charge is -2.20. The fraction of sp³-hybridized carbons (Fsp3) is 0.400. The van der Waals surface area contributed by atoms with E-state index in [1.54, 1.807) is 30.7 Å². The summed E-state index contributed by atoms with van der Waals surface area (Å²) >= 11 is 1.40. The molecule has 0 aliphatic carbocycles. The lowest BCUT2D eigenvalue weighted by Crippen LogP contribution is -2.48. The summed E-state index contributed by atoms with van der Waals surface area (Å²) in [6.07, 6.45) is 0. The molecule has 0 fully saturated rings. The van der Waals surface area contributed by atoms with Crippen LogP contribution in [0.25, 0.3) is 0 Å². The molecule has 0 saturated carbocycles. The number of thiophene rings is 1. The van der Waals surface area contributed by atoms with Crippen molar-refractivity contribution in [2.45, 2.75) is 13.8 Å². The highest BCUT2D eigenvalue weighted by molar-refractivity contribution is 7.08. The largest absolute Gasteiger partial charge is 0.395 e. The van der Waals surface area contributed by atoms with E-state index in [0.717, 1.165) is 0 Å². The highest BCUT2D eigenvalue weighted by Gasteiger charge is 2.26. The molecule has 6 heteroatoms. The average molecular weight is 242 g/mol. The zero-order valence-corrected chi connectivity index (χ0v) is 9.93. The van der Waals surface area contributed by atoms with Gasteiger partial charge in [0.25, 0.3) is 5.91 Å². The monoisotopic (exact) mass is 242 g/mol. The van der Waals surface area contributed by atoms with E-state index in [1.165, 1.54) is 11.3 Å². The van der Waals surface area contributed by atoms with Crippen molar-refractivity contribution in [2.75, 3.05) is 6.61 Å². The van der Waals surface area contributed by atoms with Gasteiger partial charge in [0, 0.05) is 5.38 Å². The molecule has 3 N–H and O–H groups in total. The number of rotatable bonds is 3. The van der Waals surface area contributed by atoms with Crippen molar-refractivity contribution < 1.29 is 14.7 Å². The van der Waals surface area contributed by atoms with E-state index in [2.05, 4.69) is 10.9 Å². The summed E-state index contributed by atoms with van der Waals surface area (Å²) in [5, 5.41) is 12.4. The third kappa shape index (κ3) is 3.04. The van der Waals surface area contributed by atoms with Gasteiger partial charge < -0.3 is 5.11 Å². The molecule has 16 heavy (non-hydrogen) atoms. The third-order valence-electron chi connectivity index (χ3n) is 2.08. The van der Waals surface area contributed by atoms with E-state index in [-0.39, 0.29) is 12.5 Å². The predicted octanol–water partition coefficient (Wildman–Crippen LogP) is 0.528. The van der Waals surface area contributed by atoms with Crippen LogP contribution in [0.4, 0.5) is 0 Å². The lowest BCUT2D eigenvalue weighted by molar-refractivity contribution is -0.132. The molecule has 2 amide bonds. The molecule has 0 unspecified atom stereocenters. The molecule has 0 aliphatic heterocycles. The number of hydrogen-bond donors (Lipinski definition) is 3. The Balaban J connectivity index is 2.47. The molecule has 0 saturated heterocycles. The van der Waals surface area contributed by atoms with E-state index in [4.69, 9.17) is 5.11 Å². The predicted molar refractivity (Wildman–Crippen MR) is 60.8 cm³/mol. The maximum Gasteiger partial charge on any atom is 0.270 e. The van der Waals surface area contributed by atoms with Crippen LogP contribution in [-0.4, -0.2) is 23.5 Å². The van der Waals surface area contributed by atoms with Crippen LogP contribution in [0.15, 0.2) is 16.8 Å². The molecule has 88 valence electrons. The first-order valence-electron chi connectivity index (χ1n) is 4.71. The van der Waals surface area contributed by atoms with Gasteiger partial charge >= 0.3 is 0 Å². The highest BCUT2D eigenvalue weighted by atomic mass is 32.1. The van der Waals surface area contributed by atoms with Crippen molar-refractivity contribution in [2.24, 2.45) is 5.41 Å². The Bertz CT molecular complexity index is 373. The van der Waals surface area contributed by atoms with Gasteiger partial charge in [-0.15, -0.1) is 0 Å². The van der Waals surface area contributed by atoms with Gasteiger partial charge in [0.2, 0.25) is 5.91 Å². The smallest absolute Gasteiger partial charge is 0.270 e. The summed E-state index contributed by atoms with van der Waals surface area (Å²) in [5.41, 5.74) is 4.13. The van der Waals surface area contributed by atoms with Crippen LogP contribution >= 0.6 is 11.3 Å². The summed E-state index contributed by atoms with van der Waals surface area (Å²) in [5.74, 6) is -0.804. The second-order valence-corrected chi connectivity index (χ2v) is 4.74. The van der Waals surface area contributed by atoms with Crippen molar-refractivity contribution in [3.63, 3.8) is 0 Å². The van der Waals surface area contributed by atoms with Crippen LogP contribution in [0.1, 0.15) is 24.2 Å². The van der Waals surface area contributed by atoms with E-state index >= 15 is 0 Å². The van der Waals surface area contributed by atoms with Crippen LogP contribution in [0, 0.1) is 5.41 Å². The Morgan fingerprint density at radius 2 is 2.12 bits per heavy atom. The van der Waals surface area contributed by atoms with E-state index in [0.29, 0.717) is 5.56 Å². The summed E-state index contributed by atoms with van der Waals surface area (Å²) in [6, 6.07) is 1.66. The second kappa shape index (κ2) is 5.09. The molecular formula is C10H14N2O3S. The molecule has 0 aliphatic rings. The first-order valence-corrected chi connectivity index (χ1v) is 5.65. The molecule has 1 aromatic rings. The maximum atomic E-state index is 11.5. The molecule has 0 aromatic carbocycles. The van der Waals surface area contributed by atoms with E-state index < -0.39 is 11.3 Å². The van der Waals surface area contributed by atoms with Gasteiger partial charge in [-0.05, 0) is 25.3 Å². The summed E-state index contributed by atoms with van der Waals surface area (Å²) in [6.45, 7) is 2.88. The molecule has 0 atom stereocenters. The highest BCUT2D eigenvalue weighted by Crippen LogP contribution is 2.12. The summed E-state index contributed by atoms with van der Waals surface area (Å²) in [4.78, 5) is 22.9. The van der Waals surface area contributed by atoms with Crippen molar-refractivity contribution in [3.8, 4) is 0 Å². The van der Waals surface area contributed by atoms with Gasteiger partial charge in [0.05, 0.1) is 17.6 Å². The average Bonchev–Trinajstić information content (AvgIpc) is 2.78. The van der Waals surface area contributed by atoms with E-state index in [1.807, 2.05) is 0 Å². The maximum absolute atomic E-state index is 11.5. The molecular weight excluding hydrogens is 228 g/mol. The summed E-state index contributed by atoms with van der Waals surface area (Å²) < 4.78 is 0. The van der Waals surface area contributed by atoms with Gasteiger partial charge in [-0.2, -0.15) is 11.3 Å². The molecule has 0 bridgehead atoms. The third-order valence-corrected chi connectivity index (χ3v) is 2.77. The fourth-order valence-electron chi connectivity index (χ4n) is 0.820. The van der Waals surface area contributed by atoms with Crippen molar-refractivity contribution in [1.29, 1.82) is 0 Å². The number of aliphatic hydroxyl groups is 1. The Hall–Kier alpha value is -1.40. The molecule has 0 radical (unpaired) electrons. The molecule has 0 spiro atoms. The Kier molecular flexibility index (Phi) is 4.03. The molecule has 1 heterocycles. The zero-order valence-electron chi connectivity index (χ0n) is 9.11. The number of aliphatic hydroxyl groups excluding tert-OH is 1. The topological polar surface area (TPSA) is 78.4 Å². The van der Waals surface area contributed by atoms with Gasteiger partial charge in [-0.25, -0.2) is 0 Å². The van der Waals surface area contributed by atoms with Crippen LogP contribution < -0.4 is 10.9 Å². The first kappa shape index (κ1) is 12.7. The second-order valence-electron chi connectivity index (χ2n) is 3.96. The molecule has 1 rings (SSSR count). The van der Waals surface area contributed by atoms with Gasteiger partial charge in [0.1, 0.15) is 0 Å². The minimum absolute atomic E-state index is 0.285. The number of nitrogens with one attached hydrogen (secondary N) is 2.